The Kier molecular flexibility index (Phi) is 6.15. The third-order valence-corrected chi connectivity index (χ3v) is 6.54. The second kappa shape index (κ2) is 8.44. The van der Waals surface area contributed by atoms with E-state index in [2.05, 4.69) is 22.4 Å². The highest BCUT2D eigenvalue weighted by Gasteiger charge is 2.35. The van der Waals surface area contributed by atoms with Crippen molar-refractivity contribution < 1.29 is 14.3 Å². The molecule has 0 saturated carbocycles. The van der Waals surface area contributed by atoms with Crippen molar-refractivity contribution in [3.8, 4) is 17.6 Å². The lowest BCUT2D eigenvalue weighted by atomic mass is 9.90. The molecule has 3 rings (SSSR count). The average molecular weight is 414 g/mol. The zero-order valence-electron chi connectivity index (χ0n) is 17.6. The van der Waals surface area contributed by atoms with Crippen LogP contribution in [-0.4, -0.2) is 55.6 Å². The van der Waals surface area contributed by atoms with Crippen molar-refractivity contribution in [2.75, 3.05) is 34.4 Å². The van der Waals surface area contributed by atoms with E-state index in [-0.39, 0.29) is 18.5 Å². The molecule has 1 unspecified atom stereocenters. The fourth-order valence-corrected chi connectivity index (χ4v) is 4.49. The molecule has 1 amide bonds. The van der Waals surface area contributed by atoms with Crippen LogP contribution in [0.25, 0.3) is 0 Å². The van der Waals surface area contributed by atoms with E-state index in [0.29, 0.717) is 5.75 Å². The molecule has 1 atom stereocenters. The number of amides is 1. The molecule has 0 saturated heterocycles. The monoisotopic (exact) mass is 413 g/mol. The Morgan fingerprint density at radius 2 is 2.03 bits per heavy atom. The van der Waals surface area contributed by atoms with Gasteiger partial charge in [-0.15, -0.1) is 11.3 Å². The molecule has 154 valence electrons. The summed E-state index contributed by atoms with van der Waals surface area (Å²) in [5, 5.41) is 11.4. The van der Waals surface area contributed by atoms with Gasteiger partial charge in [-0.3, -0.25) is 9.69 Å². The predicted molar refractivity (Wildman–Crippen MR) is 113 cm³/mol. The maximum absolute atomic E-state index is 13.0. The summed E-state index contributed by atoms with van der Waals surface area (Å²) in [7, 11) is 4.96. The number of carbonyl (C=O) groups is 1. The lowest BCUT2D eigenvalue weighted by molar-refractivity contribution is -0.134. The van der Waals surface area contributed by atoms with Gasteiger partial charge >= 0.3 is 0 Å². The van der Waals surface area contributed by atoms with Crippen LogP contribution >= 0.6 is 11.3 Å². The minimum absolute atomic E-state index is 0.0406. The number of thiophene rings is 1. The number of benzene rings is 1. The number of hydrogen-bond donors (Lipinski definition) is 0. The molecule has 2 heterocycles. The molecule has 7 heteroatoms. The predicted octanol–water partition coefficient (Wildman–Crippen LogP) is 3.47. The third-order valence-electron chi connectivity index (χ3n) is 5.61. The maximum atomic E-state index is 13.0. The average Bonchev–Trinajstić information content (AvgIpc) is 3.26. The van der Waals surface area contributed by atoms with Gasteiger partial charge in [0.15, 0.2) is 11.5 Å². The summed E-state index contributed by atoms with van der Waals surface area (Å²) in [6.07, 6.45) is 0.816. The number of rotatable bonds is 6. The first-order valence-corrected chi connectivity index (χ1v) is 10.4. The van der Waals surface area contributed by atoms with Gasteiger partial charge in [0.2, 0.25) is 5.91 Å². The summed E-state index contributed by atoms with van der Waals surface area (Å²) in [4.78, 5) is 17.9. The summed E-state index contributed by atoms with van der Waals surface area (Å²) in [5.41, 5.74) is 1.49. The number of fused-ring (bicyclic) bond motifs is 1. The fraction of sp³-hybridized carbons (Fsp3) is 0.455. The number of hydrogen-bond acceptors (Lipinski definition) is 6. The van der Waals surface area contributed by atoms with Gasteiger partial charge < -0.3 is 14.4 Å². The van der Waals surface area contributed by atoms with Crippen LogP contribution in [-0.2, 0) is 11.2 Å². The third kappa shape index (κ3) is 4.09. The highest BCUT2D eigenvalue weighted by Crippen LogP contribution is 2.42. The molecule has 1 aliphatic rings. The summed E-state index contributed by atoms with van der Waals surface area (Å²) in [6, 6.07) is 10.4. The van der Waals surface area contributed by atoms with Crippen molar-refractivity contribution in [1.29, 1.82) is 5.26 Å². The lowest BCUT2D eigenvalue weighted by Crippen LogP contribution is -2.49. The topological polar surface area (TPSA) is 65.8 Å². The highest BCUT2D eigenvalue weighted by atomic mass is 32.1. The molecule has 0 spiro atoms. The minimum atomic E-state index is -0.847. The Bertz CT molecular complexity index is 918. The summed E-state index contributed by atoms with van der Waals surface area (Å²) >= 11 is 1.67. The number of likely N-dealkylation sites (N-methyl/N-ethyl adjacent to an activating group) is 1. The van der Waals surface area contributed by atoms with Crippen LogP contribution in [0.4, 0.5) is 0 Å². The van der Waals surface area contributed by atoms with E-state index in [9.17, 15) is 10.1 Å². The van der Waals surface area contributed by atoms with Gasteiger partial charge in [0.25, 0.3) is 0 Å². The fourth-order valence-electron chi connectivity index (χ4n) is 3.61. The first-order valence-electron chi connectivity index (χ1n) is 9.52. The van der Waals surface area contributed by atoms with Crippen molar-refractivity contribution in [1.82, 2.24) is 9.80 Å². The van der Waals surface area contributed by atoms with E-state index in [4.69, 9.17) is 9.47 Å². The van der Waals surface area contributed by atoms with Crippen molar-refractivity contribution >= 4 is 17.2 Å². The van der Waals surface area contributed by atoms with Crippen molar-refractivity contribution in [3.05, 3.63) is 45.6 Å². The summed E-state index contributed by atoms with van der Waals surface area (Å²) in [6.45, 7) is 4.50. The van der Waals surface area contributed by atoms with Crippen LogP contribution in [0.1, 0.15) is 35.9 Å². The highest BCUT2D eigenvalue weighted by molar-refractivity contribution is 7.10. The van der Waals surface area contributed by atoms with Crippen LogP contribution in [0, 0.1) is 11.3 Å². The minimum Gasteiger partial charge on any atom is -0.493 e. The molecular formula is C22H27N3O3S. The Morgan fingerprint density at radius 1 is 1.34 bits per heavy atom. The molecule has 0 N–H and O–H groups in total. The maximum Gasteiger partial charge on any atom is 0.237 e. The van der Waals surface area contributed by atoms with Gasteiger partial charge in [0.05, 0.1) is 32.9 Å². The first kappa shape index (κ1) is 21.2. The normalized spacial score (nSPS) is 16.6. The number of methoxy groups -OCH3 is 2. The standard InChI is InChI=1S/C22H27N3O3S/c1-22(2,14-23)24(3)20(26)13-25-9-8-15-11-17(27-4)18(28-5)12-16(15)21(25)19-7-6-10-29-19/h6-7,10-12,21H,8-9,13H2,1-5H3. The van der Waals surface area contributed by atoms with Gasteiger partial charge in [-0.05, 0) is 55.0 Å². The molecular weight excluding hydrogens is 386 g/mol. The van der Waals surface area contributed by atoms with Crippen LogP contribution < -0.4 is 9.47 Å². The van der Waals surface area contributed by atoms with Crippen molar-refractivity contribution in [3.63, 3.8) is 0 Å². The van der Waals surface area contributed by atoms with Crippen molar-refractivity contribution in [2.24, 2.45) is 0 Å². The first-order chi connectivity index (χ1) is 13.8. The van der Waals surface area contributed by atoms with Gasteiger partial charge in [0.1, 0.15) is 5.54 Å². The van der Waals surface area contributed by atoms with Gasteiger partial charge in [0, 0.05) is 18.5 Å². The smallest absolute Gasteiger partial charge is 0.237 e. The van der Waals surface area contributed by atoms with E-state index >= 15 is 0 Å². The Morgan fingerprint density at radius 3 is 2.62 bits per heavy atom. The molecule has 0 bridgehead atoms. The second-order valence-corrected chi connectivity index (χ2v) is 8.65. The van der Waals surface area contributed by atoms with Crippen molar-refractivity contribution in [2.45, 2.75) is 31.8 Å². The number of nitrogens with zero attached hydrogens (tertiary/aromatic N) is 3. The molecule has 29 heavy (non-hydrogen) atoms. The number of carbonyl (C=O) groups excluding carboxylic acids is 1. The molecule has 2 aromatic rings. The van der Waals surface area contributed by atoms with Crippen LogP contribution in [0.3, 0.4) is 0 Å². The van der Waals surface area contributed by atoms with E-state index in [1.807, 2.05) is 18.2 Å². The summed E-state index contributed by atoms with van der Waals surface area (Å²) < 4.78 is 11.0. The van der Waals surface area contributed by atoms with Crippen LogP contribution in [0.5, 0.6) is 11.5 Å². The largest absolute Gasteiger partial charge is 0.493 e. The summed E-state index contributed by atoms with van der Waals surface area (Å²) in [5.74, 6) is 1.34. The van der Waals surface area contributed by atoms with E-state index < -0.39 is 5.54 Å². The zero-order chi connectivity index (χ0) is 21.2. The molecule has 1 aromatic carbocycles. The SMILES string of the molecule is COc1cc2c(cc1OC)C(c1cccs1)N(CC(=O)N(C)C(C)(C)C#N)CC2. The quantitative estimate of drug-likeness (QED) is 0.725. The van der Waals surface area contributed by atoms with Crippen LogP contribution in [0.15, 0.2) is 29.6 Å². The zero-order valence-corrected chi connectivity index (χ0v) is 18.4. The number of ether oxygens (including phenoxy) is 2. The lowest BCUT2D eigenvalue weighted by Gasteiger charge is -2.39. The molecule has 0 radical (unpaired) electrons. The van der Waals surface area contributed by atoms with Gasteiger partial charge in [-0.1, -0.05) is 6.07 Å². The molecule has 0 fully saturated rings. The molecule has 1 aliphatic heterocycles. The molecule has 0 aliphatic carbocycles. The van der Waals surface area contributed by atoms with E-state index in [0.717, 1.165) is 24.3 Å². The Hall–Kier alpha value is -2.56. The van der Waals surface area contributed by atoms with Gasteiger partial charge in [-0.2, -0.15) is 5.26 Å². The van der Waals surface area contributed by atoms with E-state index in [1.165, 1.54) is 15.3 Å². The van der Waals surface area contributed by atoms with Crippen LogP contribution in [0.2, 0.25) is 0 Å². The Balaban J connectivity index is 1.98. The second-order valence-electron chi connectivity index (χ2n) is 7.67. The molecule has 1 aromatic heterocycles. The molecule has 6 nitrogen and oxygen atoms in total. The Labute approximate surface area is 176 Å². The van der Waals surface area contributed by atoms with E-state index in [1.54, 1.807) is 46.5 Å². The number of nitriles is 1. The van der Waals surface area contributed by atoms with Gasteiger partial charge in [-0.25, -0.2) is 0 Å².